The summed E-state index contributed by atoms with van der Waals surface area (Å²) in [5.74, 6) is 0.991. The molecule has 0 saturated carbocycles. The van der Waals surface area contributed by atoms with Crippen LogP contribution >= 0.6 is 0 Å². The second-order valence-electron chi connectivity index (χ2n) is 2.25. The smallest absolute Gasteiger partial charge is 0.126 e. The van der Waals surface area contributed by atoms with Crippen molar-refractivity contribution in [2.45, 2.75) is 0 Å². The molecule has 1 nitrogen and oxygen atoms in total. The van der Waals surface area contributed by atoms with E-state index in [0.717, 1.165) is 5.75 Å². The summed E-state index contributed by atoms with van der Waals surface area (Å²) >= 11 is 0. The normalized spacial score (nSPS) is 10.8. The molecule has 0 unspecified atom stereocenters. The predicted molar refractivity (Wildman–Crippen MR) is 46.7 cm³/mol. The molecule has 1 aliphatic heterocycles. The zero-order valence-electron chi connectivity index (χ0n) is 6.83. The molecule has 0 aliphatic carbocycles. The fraction of sp³-hybridized carbons (Fsp3) is 0.111. The van der Waals surface area contributed by atoms with Crippen molar-refractivity contribution in [3.05, 3.63) is 35.9 Å². The summed E-state index contributed by atoms with van der Waals surface area (Å²) in [7, 11) is 0. The Labute approximate surface area is 109 Å². The van der Waals surface area contributed by atoms with Crippen molar-refractivity contribution in [3.63, 3.8) is 0 Å². The van der Waals surface area contributed by atoms with Crippen molar-refractivity contribution < 1.29 is 38.3 Å². The molecule has 0 saturated heterocycles. The fourth-order valence-electron chi connectivity index (χ4n) is 1.06. The van der Waals surface area contributed by atoms with Crippen molar-refractivity contribution >= 4 is 23.4 Å². The molecular formula is C9H8AlFeNiO. The van der Waals surface area contributed by atoms with E-state index in [9.17, 15) is 0 Å². The summed E-state index contributed by atoms with van der Waals surface area (Å²) < 4.78 is 5.34. The maximum absolute atomic E-state index is 5.34. The van der Waals surface area contributed by atoms with Crippen LogP contribution in [0.1, 0.15) is 5.56 Å². The molecule has 1 aliphatic rings. The van der Waals surface area contributed by atoms with Crippen LogP contribution in [0.4, 0.5) is 0 Å². The first-order valence-corrected chi connectivity index (χ1v) is 3.35. The van der Waals surface area contributed by atoms with Crippen LogP contribution in [0, 0.1) is 0 Å². The summed E-state index contributed by atoms with van der Waals surface area (Å²) in [5, 5.41) is 0. The Morgan fingerprint density at radius 2 is 1.85 bits per heavy atom. The Morgan fingerprint density at radius 1 is 1.15 bits per heavy atom. The van der Waals surface area contributed by atoms with Gasteiger partial charge in [-0.25, -0.2) is 0 Å². The minimum atomic E-state index is 0. The van der Waals surface area contributed by atoms with E-state index in [2.05, 4.69) is 6.08 Å². The molecular weight excluding hydrogens is 266 g/mol. The first-order chi connectivity index (χ1) is 4.97. The Bertz CT molecular complexity index is 278. The maximum Gasteiger partial charge on any atom is 0.126 e. The van der Waals surface area contributed by atoms with Gasteiger partial charge in [0, 0.05) is 56.5 Å². The quantitative estimate of drug-likeness (QED) is 0.654. The number of benzene rings is 1. The molecule has 0 amide bonds. The molecule has 0 N–H and O–H groups in total. The van der Waals surface area contributed by atoms with E-state index in [1.165, 1.54) is 5.56 Å². The van der Waals surface area contributed by atoms with E-state index in [1.807, 2.05) is 30.3 Å². The average molecular weight is 274 g/mol. The second kappa shape index (κ2) is 7.69. The molecule has 2 rings (SSSR count). The van der Waals surface area contributed by atoms with E-state index in [-0.39, 0.29) is 50.9 Å². The molecule has 4 heteroatoms. The Balaban J connectivity index is 0. The summed E-state index contributed by atoms with van der Waals surface area (Å²) in [6.45, 7) is 0.705. The molecule has 0 atom stereocenters. The number of ether oxygens (including phenoxy) is 1. The van der Waals surface area contributed by atoms with Gasteiger partial charge in [0.15, 0.2) is 0 Å². The largest absolute Gasteiger partial charge is 0.489 e. The van der Waals surface area contributed by atoms with Gasteiger partial charge in [0.05, 0.1) is 0 Å². The van der Waals surface area contributed by atoms with Crippen LogP contribution in [-0.4, -0.2) is 24.0 Å². The van der Waals surface area contributed by atoms with Gasteiger partial charge < -0.3 is 4.74 Å². The zero-order valence-corrected chi connectivity index (χ0v) is 10.1. The van der Waals surface area contributed by atoms with Gasteiger partial charge in [-0.1, -0.05) is 24.3 Å². The molecule has 0 spiro atoms. The van der Waals surface area contributed by atoms with Gasteiger partial charge in [0.1, 0.15) is 12.4 Å². The van der Waals surface area contributed by atoms with Gasteiger partial charge in [-0.3, -0.25) is 0 Å². The van der Waals surface area contributed by atoms with Crippen LogP contribution in [0.15, 0.2) is 30.3 Å². The SMILES string of the molecule is C1=Cc2ccccc2OC1.[Al].[Fe].[Ni]. The monoisotopic (exact) mass is 273 g/mol. The van der Waals surface area contributed by atoms with E-state index in [1.54, 1.807) is 0 Å². The van der Waals surface area contributed by atoms with Crippen LogP contribution in [0.2, 0.25) is 0 Å². The second-order valence-corrected chi connectivity index (χ2v) is 2.25. The van der Waals surface area contributed by atoms with Gasteiger partial charge >= 0.3 is 0 Å². The van der Waals surface area contributed by atoms with Crippen LogP contribution < -0.4 is 4.74 Å². The first kappa shape index (κ1) is 15.8. The molecule has 71 valence electrons. The molecule has 1 aromatic rings. The van der Waals surface area contributed by atoms with Gasteiger partial charge in [-0.15, -0.1) is 0 Å². The van der Waals surface area contributed by atoms with Crippen molar-refractivity contribution in [2.75, 3.05) is 6.61 Å². The van der Waals surface area contributed by atoms with Crippen molar-refractivity contribution in [1.29, 1.82) is 0 Å². The third kappa shape index (κ3) is 3.90. The first-order valence-electron chi connectivity index (χ1n) is 3.35. The van der Waals surface area contributed by atoms with Crippen molar-refractivity contribution in [1.82, 2.24) is 0 Å². The van der Waals surface area contributed by atoms with Crippen LogP contribution in [0.3, 0.4) is 0 Å². The van der Waals surface area contributed by atoms with Crippen molar-refractivity contribution in [3.8, 4) is 5.75 Å². The predicted octanol–water partition coefficient (Wildman–Crippen LogP) is 1.71. The van der Waals surface area contributed by atoms with E-state index < -0.39 is 0 Å². The number of hydrogen-bond acceptors (Lipinski definition) is 1. The number of rotatable bonds is 0. The molecule has 0 aromatic heterocycles. The van der Waals surface area contributed by atoms with Gasteiger partial charge in [0.25, 0.3) is 0 Å². The molecule has 0 fully saturated rings. The summed E-state index contributed by atoms with van der Waals surface area (Å²) in [6.07, 6.45) is 4.10. The zero-order chi connectivity index (χ0) is 6.81. The van der Waals surface area contributed by atoms with Crippen LogP contribution in [0.5, 0.6) is 5.75 Å². The van der Waals surface area contributed by atoms with Gasteiger partial charge in [-0.05, 0) is 12.1 Å². The molecule has 1 aromatic carbocycles. The fourth-order valence-corrected chi connectivity index (χ4v) is 1.06. The third-order valence-corrected chi connectivity index (χ3v) is 1.55. The van der Waals surface area contributed by atoms with E-state index >= 15 is 0 Å². The van der Waals surface area contributed by atoms with Crippen LogP contribution in [0.25, 0.3) is 6.08 Å². The van der Waals surface area contributed by atoms with Gasteiger partial charge in [0.2, 0.25) is 0 Å². The molecule has 3 radical (unpaired) electrons. The topological polar surface area (TPSA) is 9.23 Å². The van der Waals surface area contributed by atoms with E-state index in [4.69, 9.17) is 4.74 Å². The number of fused-ring (bicyclic) bond motifs is 1. The maximum atomic E-state index is 5.34. The Morgan fingerprint density at radius 3 is 2.54 bits per heavy atom. The molecule has 1 heterocycles. The van der Waals surface area contributed by atoms with E-state index in [0.29, 0.717) is 6.61 Å². The Hall–Kier alpha value is 0.305. The summed E-state index contributed by atoms with van der Waals surface area (Å²) in [6, 6.07) is 8.03. The number of para-hydroxylation sites is 1. The minimum Gasteiger partial charge on any atom is -0.489 e. The summed E-state index contributed by atoms with van der Waals surface area (Å²) in [5.41, 5.74) is 1.17. The molecule has 0 bridgehead atoms. The average Bonchev–Trinajstić information content (AvgIpc) is 2.05. The van der Waals surface area contributed by atoms with Crippen molar-refractivity contribution in [2.24, 2.45) is 0 Å². The van der Waals surface area contributed by atoms with Crippen LogP contribution in [-0.2, 0) is 33.6 Å². The molecule has 13 heavy (non-hydrogen) atoms. The Kier molecular flexibility index (Phi) is 9.32. The number of hydrogen-bond donors (Lipinski definition) is 0. The standard InChI is InChI=1S/C9H8O.Al.Fe.Ni/c1-2-6-9-8(4-1)5-3-7-10-9;;;/h1-6H,7H2;;;. The summed E-state index contributed by atoms with van der Waals surface area (Å²) in [4.78, 5) is 0. The third-order valence-electron chi connectivity index (χ3n) is 1.55. The van der Waals surface area contributed by atoms with Gasteiger partial charge in [-0.2, -0.15) is 0 Å². The minimum absolute atomic E-state index is 0.